The van der Waals surface area contributed by atoms with Crippen LogP contribution in [0.5, 0.6) is 0 Å². The normalized spacial score (nSPS) is 32.1. The summed E-state index contributed by atoms with van der Waals surface area (Å²) in [7, 11) is 1.76. The third-order valence-electron chi connectivity index (χ3n) is 4.12. The van der Waals surface area contributed by atoms with Gasteiger partial charge in [-0.05, 0) is 32.4 Å². The molecule has 0 radical (unpaired) electrons. The van der Waals surface area contributed by atoms with Gasteiger partial charge in [0.05, 0.1) is 16.7 Å². The summed E-state index contributed by atoms with van der Waals surface area (Å²) in [6, 6.07) is 5.92. The molecule has 0 aliphatic carbocycles. The van der Waals surface area contributed by atoms with Crippen molar-refractivity contribution in [3.8, 4) is 0 Å². The number of unbranched alkanes of at least 4 members (excludes halogenated alkanes) is 1. The fraction of sp³-hybridized carbons (Fsp3) is 0.706. The predicted molar refractivity (Wildman–Crippen MR) is 89.1 cm³/mol. The highest BCUT2D eigenvalue weighted by Gasteiger charge is 2.46. The quantitative estimate of drug-likeness (QED) is 0.711. The van der Waals surface area contributed by atoms with E-state index in [1.165, 1.54) is 0 Å². The first-order chi connectivity index (χ1) is 10.6. The van der Waals surface area contributed by atoms with E-state index in [2.05, 4.69) is 25.8 Å². The Morgan fingerprint density at radius 2 is 2.27 bits per heavy atom. The molecule has 0 amide bonds. The molecular weight excluding hydrogens is 298 g/mol. The number of hydrogen-bond donors (Lipinski definition) is 0. The molecule has 0 unspecified atom stereocenters. The zero-order valence-corrected chi connectivity index (χ0v) is 14.8. The van der Waals surface area contributed by atoms with E-state index >= 15 is 0 Å². The number of pyridine rings is 1. The molecular formula is C17H27NO3S. The molecule has 4 atom stereocenters. The lowest BCUT2D eigenvalue weighted by Crippen LogP contribution is -2.56. The molecule has 4 nitrogen and oxygen atoms in total. The number of rotatable bonds is 7. The molecule has 1 saturated heterocycles. The Kier molecular flexibility index (Phi) is 6.68. The molecule has 1 aromatic rings. The first kappa shape index (κ1) is 17.7. The average Bonchev–Trinajstić information content (AvgIpc) is 2.51. The summed E-state index contributed by atoms with van der Waals surface area (Å²) in [5, 5.41) is 0.975. The van der Waals surface area contributed by atoms with Crippen LogP contribution in [-0.4, -0.2) is 41.9 Å². The second-order valence-corrected chi connectivity index (χ2v) is 7.10. The Balaban J connectivity index is 2.01. The predicted octanol–water partition coefficient (Wildman–Crippen LogP) is 3.90. The molecule has 0 saturated carbocycles. The summed E-state index contributed by atoms with van der Waals surface area (Å²) in [5.74, 6) is 0. The van der Waals surface area contributed by atoms with Crippen LogP contribution in [0, 0.1) is 0 Å². The lowest BCUT2D eigenvalue weighted by molar-refractivity contribution is -0.215. The van der Waals surface area contributed by atoms with Crippen molar-refractivity contribution in [3.63, 3.8) is 0 Å². The third kappa shape index (κ3) is 4.44. The largest absolute Gasteiger partial charge is 0.376 e. The van der Waals surface area contributed by atoms with Crippen LogP contribution in [-0.2, 0) is 14.2 Å². The minimum atomic E-state index is -0.335. The van der Waals surface area contributed by atoms with E-state index in [1.807, 2.05) is 18.2 Å². The van der Waals surface area contributed by atoms with Gasteiger partial charge in [0, 0.05) is 26.3 Å². The Bertz CT molecular complexity index is 445. The summed E-state index contributed by atoms with van der Waals surface area (Å²) < 4.78 is 18.0. The molecule has 124 valence electrons. The van der Waals surface area contributed by atoms with Crippen molar-refractivity contribution in [3.05, 3.63) is 24.4 Å². The maximum absolute atomic E-state index is 6.15. The zero-order valence-electron chi connectivity index (χ0n) is 14.0. The highest BCUT2D eigenvalue weighted by molar-refractivity contribution is 7.99. The monoisotopic (exact) mass is 325 g/mol. The SMILES string of the molecule is CCCCO[C@H]1[C@H](C)O[C@H](Sc2ccccn2)C[C@@]1(C)OC. The molecule has 2 rings (SSSR count). The second-order valence-electron chi connectivity index (χ2n) is 5.92. The van der Waals surface area contributed by atoms with Crippen molar-refractivity contribution in [1.82, 2.24) is 4.98 Å². The molecule has 0 spiro atoms. The van der Waals surface area contributed by atoms with Crippen LogP contribution in [0.4, 0.5) is 0 Å². The zero-order chi connectivity index (χ0) is 16.0. The van der Waals surface area contributed by atoms with Crippen LogP contribution in [0.1, 0.15) is 40.0 Å². The van der Waals surface area contributed by atoms with Crippen LogP contribution in [0.3, 0.4) is 0 Å². The highest BCUT2D eigenvalue weighted by Crippen LogP contribution is 2.39. The number of nitrogens with zero attached hydrogens (tertiary/aromatic N) is 1. The van der Waals surface area contributed by atoms with Gasteiger partial charge in [0.2, 0.25) is 0 Å². The summed E-state index contributed by atoms with van der Waals surface area (Å²) in [5.41, 5.74) is -0.307. The lowest BCUT2D eigenvalue weighted by atomic mass is 9.89. The number of ether oxygens (including phenoxy) is 3. The Labute approximate surface area is 137 Å². The summed E-state index contributed by atoms with van der Waals surface area (Å²) >= 11 is 1.65. The maximum atomic E-state index is 6.15. The van der Waals surface area contributed by atoms with Gasteiger partial charge in [-0.2, -0.15) is 0 Å². The third-order valence-corrected chi connectivity index (χ3v) is 5.14. The van der Waals surface area contributed by atoms with Gasteiger partial charge in [-0.3, -0.25) is 0 Å². The first-order valence-corrected chi connectivity index (χ1v) is 8.87. The molecule has 1 aliphatic rings. The standard InChI is InChI=1S/C17H27NO3S/c1-5-6-11-20-16-13(2)21-15(12-17(16,3)19-4)22-14-9-7-8-10-18-14/h7-10,13,15-16H,5-6,11-12H2,1-4H3/t13-,15+,16-,17+/m0/s1. The van der Waals surface area contributed by atoms with Crippen LogP contribution in [0.15, 0.2) is 29.4 Å². The van der Waals surface area contributed by atoms with E-state index in [1.54, 1.807) is 25.1 Å². The minimum absolute atomic E-state index is 0.00299. The molecule has 1 aliphatic heterocycles. The second kappa shape index (κ2) is 8.29. The Morgan fingerprint density at radius 1 is 1.45 bits per heavy atom. The molecule has 1 aromatic heterocycles. The van der Waals surface area contributed by atoms with Crippen LogP contribution in [0.2, 0.25) is 0 Å². The smallest absolute Gasteiger partial charge is 0.112 e. The average molecular weight is 325 g/mol. The van der Waals surface area contributed by atoms with Crippen molar-refractivity contribution in [1.29, 1.82) is 0 Å². The van der Waals surface area contributed by atoms with Crippen LogP contribution >= 0.6 is 11.8 Å². The summed E-state index contributed by atoms with van der Waals surface area (Å²) in [6.07, 6.45) is 4.74. The van der Waals surface area contributed by atoms with E-state index in [0.717, 1.165) is 30.9 Å². The molecule has 0 aromatic carbocycles. The molecule has 2 heterocycles. The van der Waals surface area contributed by atoms with Crippen molar-refractivity contribution in [2.24, 2.45) is 0 Å². The van der Waals surface area contributed by atoms with Gasteiger partial charge in [-0.15, -0.1) is 0 Å². The number of thioether (sulfide) groups is 1. The number of methoxy groups -OCH3 is 1. The van der Waals surface area contributed by atoms with E-state index < -0.39 is 0 Å². The van der Waals surface area contributed by atoms with Gasteiger partial charge < -0.3 is 14.2 Å². The van der Waals surface area contributed by atoms with Crippen LogP contribution in [0.25, 0.3) is 0 Å². The van der Waals surface area contributed by atoms with Gasteiger partial charge in [-0.25, -0.2) is 4.98 Å². The van der Waals surface area contributed by atoms with Gasteiger partial charge >= 0.3 is 0 Å². The van der Waals surface area contributed by atoms with Crippen molar-refractivity contribution in [2.75, 3.05) is 13.7 Å². The fourth-order valence-corrected chi connectivity index (χ4v) is 3.98. The molecule has 5 heteroatoms. The maximum Gasteiger partial charge on any atom is 0.112 e. The van der Waals surface area contributed by atoms with Crippen LogP contribution < -0.4 is 0 Å². The Hall–Kier alpha value is -0.620. The number of aromatic nitrogens is 1. The van der Waals surface area contributed by atoms with Gasteiger partial charge in [0.25, 0.3) is 0 Å². The fourth-order valence-electron chi connectivity index (χ4n) is 2.79. The van der Waals surface area contributed by atoms with E-state index in [4.69, 9.17) is 14.2 Å². The molecule has 22 heavy (non-hydrogen) atoms. The van der Waals surface area contributed by atoms with Crippen molar-refractivity contribution >= 4 is 11.8 Å². The van der Waals surface area contributed by atoms with Crippen molar-refractivity contribution < 1.29 is 14.2 Å². The van der Waals surface area contributed by atoms with E-state index in [9.17, 15) is 0 Å². The summed E-state index contributed by atoms with van der Waals surface area (Å²) in [6.45, 7) is 7.11. The topological polar surface area (TPSA) is 40.6 Å². The van der Waals surface area contributed by atoms with E-state index in [0.29, 0.717) is 0 Å². The number of hydrogen-bond acceptors (Lipinski definition) is 5. The lowest BCUT2D eigenvalue weighted by Gasteiger charge is -2.46. The summed E-state index contributed by atoms with van der Waals surface area (Å²) in [4.78, 5) is 4.36. The molecule has 0 bridgehead atoms. The van der Waals surface area contributed by atoms with Crippen molar-refractivity contribution in [2.45, 2.75) is 68.3 Å². The van der Waals surface area contributed by atoms with Gasteiger partial charge in [-0.1, -0.05) is 31.2 Å². The first-order valence-electron chi connectivity index (χ1n) is 7.99. The highest BCUT2D eigenvalue weighted by atomic mass is 32.2. The van der Waals surface area contributed by atoms with Gasteiger partial charge in [0.15, 0.2) is 0 Å². The minimum Gasteiger partial charge on any atom is -0.376 e. The van der Waals surface area contributed by atoms with E-state index in [-0.39, 0.29) is 23.2 Å². The Morgan fingerprint density at radius 3 is 2.91 bits per heavy atom. The molecule has 0 N–H and O–H groups in total. The van der Waals surface area contributed by atoms with Gasteiger partial charge in [0.1, 0.15) is 11.5 Å². The molecule has 1 fully saturated rings.